The fraction of sp³-hybridized carbons (Fsp3) is 0.364. The van der Waals surface area contributed by atoms with Crippen molar-refractivity contribution in [2.24, 2.45) is 0 Å². The van der Waals surface area contributed by atoms with Gasteiger partial charge in [-0.25, -0.2) is 9.97 Å². The molecule has 0 saturated heterocycles. The van der Waals surface area contributed by atoms with Crippen molar-refractivity contribution in [3.8, 4) is 0 Å². The lowest BCUT2D eigenvalue weighted by Gasteiger charge is -2.01. The van der Waals surface area contributed by atoms with Crippen LogP contribution in [0.5, 0.6) is 0 Å². The van der Waals surface area contributed by atoms with Crippen molar-refractivity contribution in [2.75, 3.05) is 0 Å². The van der Waals surface area contributed by atoms with Gasteiger partial charge in [0.05, 0.1) is 17.1 Å². The molecule has 0 radical (unpaired) electrons. The number of Topliss-reactive ketones (excluding diaryl/α,β-unsaturated/α-hetero) is 1. The molecule has 84 valence electrons. The number of rotatable bonds is 4. The molecule has 0 aliphatic carbocycles. The van der Waals surface area contributed by atoms with Gasteiger partial charge in [-0.2, -0.15) is 0 Å². The lowest BCUT2D eigenvalue weighted by molar-refractivity contribution is 0.0978. The Morgan fingerprint density at radius 1 is 1.56 bits per heavy atom. The SMILES string of the molecule is CCn1ccnc1C(=O)Cc1csc(C)n1. The maximum absolute atomic E-state index is 11.9. The largest absolute Gasteiger partial charge is 0.329 e. The summed E-state index contributed by atoms with van der Waals surface area (Å²) < 4.78 is 1.85. The highest BCUT2D eigenvalue weighted by atomic mass is 32.1. The van der Waals surface area contributed by atoms with Gasteiger partial charge in [0, 0.05) is 24.3 Å². The standard InChI is InChI=1S/C11H13N3OS/c1-3-14-5-4-12-11(14)10(15)6-9-7-16-8(2)13-9/h4-5,7H,3,6H2,1-2H3. The smallest absolute Gasteiger partial charge is 0.204 e. The molecule has 2 aromatic heterocycles. The van der Waals surface area contributed by atoms with Gasteiger partial charge in [-0.3, -0.25) is 4.79 Å². The van der Waals surface area contributed by atoms with Crippen molar-refractivity contribution in [3.05, 3.63) is 34.3 Å². The number of carbonyl (C=O) groups excluding carboxylic acids is 1. The van der Waals surface area contributed by atoms with Crippen LogP contribution in [0.25, 0.3) is 0 Å². The molecule has 0 unspecified atom stereocenters. The van der Waals surface area contributed by atoms with Gasteiger partial charge in [0.15, 0.2) is 5.82 Å². The molecule has 2 rings (SSSR count). The van der Waals surface area contributed by atoms with Crippen LogP contribution in [0.3, 0.4) is 0 Å². The van der Waals surface area contributed by atoms with Gasteiger partial charge in [0.25, 0.3) is 0 Å². The van der Waals surface area contributed by atoms with Crippen molar-refractivity contribution in [2.45, 2.75) is 26.8 Å². The molecule has 2 heterocycles. The van der Waals surface area contributed by atoms with E-state index >= 15 is 0 Å². The molecule has 16 heavy (non-hydrogen) atoms. The van der Waals surface area contributed by atoms with E-state index in [-0.39, 0.29) is 5.78 Å². The molecular formula is C11H13N3OS. The van der Waals surface area contributed by atoms with Gasteiger partial charge < -0.3 is 4.57 Å². The van der Waals surface area contributed by atoms with Crippen LogP contribution in [0, 0.1) is 6.92 Å². The topological polar surface area (TPSA) is 47.8 Å². The van der Waals surface area contributed by atoms with Crippen LogP contribution in [-0.4, -0.2) is 20.3 Å². The number of hydrogen-bond donors (Lipinski definition) is 0. The van der Waals surface area contributed by atoms with E-state index in [0.29, 0.717) is 12.2 Å². The minimum absolute atomic E-state index is 0.0251. The number of thiazole rings is 1. The summed E-state index contributed by atoms with van der Waals surface area (Å²) in [5, 5.41) is 2.91. The van der Waals surface area contributed by atoms with Gasteiger partial charge >= 0.3 is 0 Å². The summed E-state index contributed by atoms with van der Waals surface area (Å²) >= 11 is 1.56. The summed E-state index contributed by atoms with van der Waals surface area (Å²) in [7, 11) is 0. The van der Waals surface area contributed by atoms with Crippen LogP contribution in [0.4, 0.5) is 0 Å². The number of hydrogen-bond acceptors (Lipinski definition) is 4. The first kappa shape index (κ1) is 11.0. The molecular weight excluding hydrogens is 222 g/mol. The quantitative estimate of drug-likeness (QED) is 0.762. The Bertz CT molecular complexity index is 501. The third-order valence-electron chi connectivity index (χ3n) is 2.31. The van der Waals surface area contributed by atoms with Gasteiger partial charge in [-0.05, 0) is 13.8 Å². The molecule has 0 fully saturated rings. The molecule has 0 bridgehead atoms. The maximum Gasteiger partial charge on any atom is 0.204 e. The van der Waals surface area contributed by atoms with E-state index in [1.807, 2.05) is 30.0 Å². The first-order valence-corrected chi connectivity index (χ1v) is 6.04. The fourth-order valence-electron chi connectivity index (χ4n) is 1.55. The van der Waals surface area contributed by atoms with E-state index < -0.39 is 0 Å². The summed E-state index contributed by atoms with van der Waals surface area (Å²) in [5.41, 5.74) is 0.832. The number of ketones is 1. The summed E-state index contributed by atoms with van der Waals surface area (Å²) in [6, 6.07) is 0. The van der Waals surface area contributed by atoms with Crippen LogP contribution in [-0.2, 0) is 13.0 Å². The second kappa shape index (κ2) is 4.57. The molecule has 0 aromatic carbocycles. The van der Waals surface area contributed by atoms with Crippen LogP contribution in [0.1, 0.15) is 28.2 Å². The Hall–Kier alpha value is -1.49. The van der Waals surface area contributed by atoms with Crippen LogP contribution >= 0.6 is 11.3 Å². The number of carbonyl (C=O) groups is 1. The molecule has 0 saturated carbocycles. The fourth-order valence-corrected chi connectivity index (χ4v) is 2.16. The Labute approximate surface area is 98.0 Å². The summed E-state index contributed by atoms with van der Waals surface area (Å²) in [4.78, 5) is 20.3. The number of nitrogens with zero attached hydrogens (tertiary/aromatic N) is 3. The zero-order valence-corrected chi connectivity index (χ0v) is 10.1. The Balaban J connectivity index is 2.14. The second-order valence-electron chi connectivity index (χ2n) is 3.49. The number of imidazole rings is 1. The molecule has 0 amide bonds. The van der Waals surface area contributed by atoms with Gasteiger partial charge in [-0.15, -0.1) is 11.3 Å². The molecule has 0 aliphatic rings. The molecule has 0 aliphatic heterocycles. The van der Waals surface area contributed by atoms with Gasteiger partial charge in [-0.1, -0.05) is 0 Å². The van der Waals surface area contributed by atoms with E-state index in [2.05, 4.69) is 9.97 Å². The first-order chi connectivity index (χ1) is 7.70. The zero-order chi connectivity index (χ0) is 11.5. The molecule has 2 aromatic rings. The van der Waals surface area contributed by atoms with Crippen LogP contribution < -0.4 is 0 Å². The third kappa shape index (κ3) is 2.19. The minimum atomic E-state index is 0.0251. The molecule has 4 nitrogen and oxygen atoms in total. The van der Waals surface area contributed by atoms with Crippen LogP contribution in [0.2, 0.25) is 0 Å². The third-order valence-corrected chi connectivity index (χ3v) is 3.14. The highest BCUT2D eigenvalue weighted by Crippen LogP contribution is 2.11. The van der Waals surface area contributed by atoms with Gasteiger partial charge in [0.2, 0.25) is 5.78 Å². The lowest BCUT2D eigenvalue weighted by atomic mass is 10.2. The first-order valence-electron chi connectivity index (χ1n) is 5.16. The summed E-state index contributed by atoms with van der Waals surface area (Å²) in [6.07, 6.45) is 3.81. The second-order valence-corrected chi connectivity index (χ2v) is 4.56. The van der Waals surface area contributed by atoms with Crippen LogP contribution in [0.15, 0.2) is 17.8 Å². The predicted molar refractivity (Wildman–Crippen MR) is 62.8 cm³/mol. The average Bonchev–Trinajstić information content (AvgIpc) is 2.86. The summed E-state index contributed by atoms with van der Waals surface area (Å²) in [5.74, 6) is 0.547. The zero-order valence-electron chi connectivity index (χ0n) is 9.30. The van der Waals surface area contributed by atoms with Crippen molar-refractivity contribution >= 4 is 17.1 Å². The Kier molecular flexibility index (Phi) is 3.14. The van der Waals surface area contributed by atoms with Crippen molar-refractivity contribution in [1.29, 1.82) is 0 Å². The predicted octanol–water partition coefficient (Wildman–Crippen LogP) is 2.09. The monoisotopic (exact) mass is 235 g/mol. The van der Waals surface area contributed by atoms with Crippen molar-refractivity contribution in [3.63, 3.8) is 0 Å². The maximum atomic E-state index is 11.9. The van der Waals surface area contributed by atoms with Crippen molar-refractivity contribution in [1.82, 2.24) is 14.5 Å². The lowest BCUT2D eigenvalue weighted by Crippen LogP contribution is -2.11. The van der Waals surface area contributed by atoms with E-state index in [4.69, 9.17) is 0 Å². The normalized spacial score (nSPS) is 10.6. The Morgan fingerprint density at radius 2 is 2.38 bits per heavy atom. The highest BCUT2D eigenvalue weighted by Gasteiger charge is 2.13. The van der Waals surface area contributed by atoms with E-state index in [0.717, 1.165) is 17.2 Å². The van der Waals surface area contributed by atoms with Gasteiger partial charge in [0.1, 0.15) is 0 Å². The summed E-state index contributed by atoms with van der Waals surface area (Å²) in [6.45, 7) is 4.69. The number of aromatic nitrogens is 3. The Morgan fingerprint density at radius 3 is 3.00 bits per heavy atom. The minimum Gasteiger partial charge on any atom is -0.329 e. The molecule has 0 N–H and O–H groups in total. The van der Waals surface area contributed by atoms with Crippen molar-refractivity contribution < 1.29 is 4.79 Å². The molecule has 5 heteroatoms. The number of aryl methyl sites for hydroxylation is 2. The highest BCUT2D eigenvalue weighted by molar-refractivity contribution is 7.09. The van der Waals surface area contributed by atoms with E-state index in [1.54, 1.807) is 17.5 Å². The van der Waals surface area contributed by atoms with E-state index in [1.165, 1.54) is 0 Å². The molecule has 0 spiro atoms. The van der Waals surface area contributed by atoms with E-state index in [9.17, 15) is 4.79 Å². The average molecular weight is 235 g/mol. The molecule has 0 atom stereocenters.